The van der Waals surface area contributed by atoms with Crippen molar-refractivity contribution >= 4 is 27.7 Å². The molecular formula is C8H13BrN2S. The number of imidazole rings is 1. The minimum atomic E-state index is 0.492. The van der Waals surface area contributed by atoms with E-state index in [0.717, 1.165) is 16.2 Å². The van der Waals surface area contributed by atoms with Gasteiger partial charge in [-0.2, -0.15) is 11.8 Å². The number of thioether (sulfide) groups is 1. The van der Waals surface area contributed by atoms with Crippen LogP contribution in [0.25, 0.3) is 0 Å². The molecule has 68 valence electrons. The van der Waals surface area contributed by atoms with Gasteiger partial charge in [-0.05, 0) is 36.0 Å². The smallest absolute Gasteiger partial charge is 0.124 e. The normalized spacial score (nSPS) is 11.1. The van der Waals surface area contributed by atoms with Crippen LogP contribution in [0.2, 0.25) is 0 Å². The summed E-state index contributed by atoms with van der Waals surface area (Å²) >= 11 is 5.18. The van der Waals surface area contributed by atoms with Gasteiger partial charge in [-0.3, -0.25) is 0 Å². The SMILES string of the molecule is CSCc1nc(Br)cn1C(C)C. The van der Waals surface area contributed by atoms with E-state index in [4.69, 9.17) is 0 Å². The third-order valence-electron chi connectivity index (χ3n) is 1.61. The first-order valence-corrected chi connectivity index (χ1v) is 6.06. The third-order valence-corrected chi connectivity index (χ3v) is 2.54. The maximum absolute atomic E-state index is 4.38. The van der Waals surface area contributed by atoms with Gasteiger partial charge in [0.2, 0.25) is 0 Å². The molecule has 2 nitrogen and oxygen atoms in total. The predicted octanol–water partition coefficient (Wildman–Crippen LogP) is 3.09. The van der Waals surface area contributed by atoms with E-state index < -0.39 is 0 Å². The molecule has 0 radical (unpaired) electrons. The molecule has 0 atom stereocenters. The molecule has 1 rings (SSSR count). The van der Waals surface area contributed by atoms with Gasteiger partial charge in [0.05, 0.1) is 5.75 Å². The van der Waals surface area contributed by atoms with Crippen LogP contribution >= 0.6 is 27.7 Å². The molecule has 0 bridgehead atoms. The molecule has 0 aromatic carbocycles. The fourth-order valence-corrected chi connectivity index (χ4v) is 1.98. The highest BCUT2D eigenvalue weighted by atomic mass is 79.9. The topological polar surface area (TPSA) is 17.8 Å². The van der Waals surface area contributed by atoms with Crippen molar-refractivity contribution in [1.29, 1.82) is 0 Å². The van der Waals surface area contributed by atoms with Crippen LogP contribution in [0.5, 0.6) is 0 Å². The number of hydrogen-bond acceptors (Lipinski definition) is 2. The van der Waals surface area contributed by atoms with Crippen LogP contribution in [0.4, 0.5) is 0 Å². The molecule has 0 aliphatic rings. The summed E-state index contributed by atoms with van der Waals surface area (Å²) in [6, 6.07) is 0.492. The van der Waals surface area contributed by atoms with Crippen LogP contribution in [0.3, 0.4) is 0 Å². The first-order valence-electron chi connectivity index (χ1n) is 3.87. The van der Waals surface area contributed by atoms with Gasteiger partial charge >= 0.3 is 0 Å². The molecule has 0 aliphatic carbocycles. The van der Waals surface area contributed by atoms with Crippen molar-refractivity contribution in [2.75, 3.05) is 6.26 Å². The largest absolute Gasteiger partial charge is 0.331 e. The van der Waals surface area contributed by atoms with E-state index in [2.05, 4.69) is 45.6 Å². The van der Waals surface area contributed by atoms with Crippen LogP contribution in [-0.4, -0.2) is 15.8 Å². The second-order valence-electron chi connectivity index (χ2n) is 2.91. The Labute approximate surface area is 85.9 Å². The lowest BCUT2D eigenvalue weighted by Crippen LogP contribution is -2.03. The van der Waals surface area contributed by atoms with E-state index in [1.807, 2.05) is 6.20 Å². The van der Waals surface area contributed by atoms with Crippen molar-refractivity contribution < 1.29 is 0 Å². The number of nitrogens with zero attached hydrogens (tertiary/aromatic N) is 2. The first kappa shape index (κ1) is 10.1. The minimum Gasteiger partial charge on any atom is -0.331 e. The summed E-state index contributed by atoms with van der Waals surface area (Å²) < 4.78 is 3.13. The molecule has 1 aromatic heterocycles. The van der Waals surface area contributed by atoms with E-state index in [9.17, 15) is 0 Å². The Morgan fingerprint density at radius 2 is 2.33 bits per heavy atom. The molecular weight excluding hydrogens is 236 g/mol. The summed E-state index contributed by atoms with van der Waals surface area (Å²) in [7, 11) is 0. The van der Waals surface area contributed by atoms with Crippen LogP contribution in [0.15, 0.2) is 10.8 Å². The average Bonchev–Trinajstić information content (AvgIpc) is 2.32. The summed E-state index contributed by atoms with van der Waals surface area (Å²) in [5.74, 6) is 2.12. The second kappa shape index (κ2) is 4.33. The van der Waals surface area contributed by atoms with Crippen molar-refractivity contribution in [1.82, 2.24) is 9.55 Å². The van der Waals surface area contributed by atoms with Crippen LogP contribution in [-0.2, 0) is 5.75 Å². The first-order chi connectivity index (χ1) is 5.65. The zero-order chi connectivity index (χ0) is 9.14. The molecule has 0 aliphatic heterocycles. The molecule has 0 spiro atoms. The van der Waals surface area contributed by atoms with Gasteiger partial charge in [-0.25, -0.2) is 4.98 Å². The standard InChI is InChI=1S/C8H13BrN2S/c1-6(2)11-4-7(9)10-8(11)5-12-3/h4,6H,5H2,1-3H3. The van der Waals surface area contributed by atoms with E-state index in [1.165, 1.54) is 0 Å². The molecule has 4 heteroatoms. The molecule has 0 saturated heterocycles. The van der Waals surface area contributed by atoms with Crippen molar-refractivity contribution in [3.8, 4) is 0 Å². The zero-order valence-corrected chi connectivity index (χ0v) is 9.94. The van der Waals surface area contributed by atoms with Crippen LogP contribution in [0, 0.1) is 0 Å². The number of aromatic nitrogens is 2. The lowest BCUT2D eigenvalue weighted by molar-refractivity contribution is 0.580. The summed E-state index contributed by atoms with van der Waals surface area (Å²) in [6.45, 7) is 4.33. The summed E-state index contributed by atoms with van der Waals surface area (Å²) in [4.78, 5) is 4.38. The lowest BCUT2D eigenvalue weighted by Gasteiger charge is -2.09. The number of hydrogen-bond donors (Lipinski definition) is 0. The Bertz CT molecular complexity index is 258. The molecule has 1 aromatic rings. The minimum absolute atomic E-state index is 0.492. The summed E-state index contributed by atoms with van der Waals surface area (Å²) in [5.41, 5.74) is 0. The van der Waals surface area contributed by atoms with E-state index in [-0.39, 0.29) is 0 Å². The van der Waals surface area contributed by atoms with Crippen molar-refractivity contribution in [2.24, 2.45) is 0 Å². The van der Waals surface area contributed by atoms with Crippen LogP contribution in [0.1, 0.15) is 25.7 Å². The highest BCUT2D eigenvalue weighted by Crippen LogP contribution is 2.18. The van der Waals surface area contributed by atoms with Crippen molar-refractivity contribution in [3.05, 3.63) is 16.6 Å². The molecule has 0 unspecified atom stereocenters. The average molecular weight is 249 g/mol. The fraction of sp³-hybridized carbons (Fsp3) is 0.625. The predicted molar refractivity (Wildman–Crippen MR) is 57.5 cm³/mol. The van der Waals surface area contributed by atoms with E-state index in [1.54, 1.807) is 11.8 Å². The Morgan fingerprint density at radius 1 is 1.67 bits per heavy atom. The quantitative estimate of drug-likeness (QED) is 0.819. The maximum Gasteiger partial charge on any atom is 0.124 e. The molecule has 0 amide bonds. The Balaban J connectivity index is 2.92. The molecule has 0 saturated carbocycles. The number of rotatable bonds is 3. The summed E-state index contributed by atoms with van der Waals surface area (Å²) in [5, 5.41) is 0. The third kappa shape index (κ3) is 2.26. The van der Waals surface area contributed by atoms with Gasteiger partial charge in [0.25, 0.3) is 0 Å². The Morgan fingerprint density at radius 3 is 2.83 bits per heavy atom. The Hall–Kier alpha value is 0.0400. The van der Waals surface area contributed by atoms with E-state index in [0.29, 0.717) is 6.04 Å². The molecule has 12 heavy (non-hydrogen) atoms. The molecule has 0 N–H and O–H groups in total. The lowest BCUT2D eigenvalue weighted by atomic mass is 10.4. The second-order valence-corrected chi connectivity index (χ2v) is 4.59. The van der Waals surface area contributed by atoms with Crippen molar-refractivity contribution in [2.45, 2.75) is 25.6 Å². The van der Waals surface area contributed by atoms with Gasteiger partial charge in [-0.15, -0.1) is 0 Å². The molecule has 1 heterocycles. The van der Waals surface area contributed by atoms with Gasteiger partial charge in [0.1, 0.15) is 10.4 Å². The van der Waals surface area contributed by atoms with Gasteiger partial charge < -0.3 is 4.57 Å². The van der Waals surface area contributed by atoms with Gasteiger partial charge in [-0.1, -0.05) is 0 Å². The van der Waals surface area contributed by atoms with E-state index >= 15 is 0 Å². The van der Waals surface area contributed by atoms with Crippen LogP contribution < -0.4 is 0 Å². The highest BCUT2D eigenvalue weighted by Gasteiger charge is 2.07. The maximum atomic E-state index is 4.38. The van der Waals surface area contributed by atoms with Gasteiger partial charge in [0.15, 0.2) is 0 Å². The van der Waals surface area contributed by atoms with Gasteiger partial charge in [0, 0.05) is 12.2 Å². The zero-order valence-electron chi connectivity index (χ0n) is 7.54. The Kier molecular flexibility index (Phi) is 3.65. The monoisotopic (exact) mass is 248 g/mol. The number of halogens is 1. The highest BCUT2D eigenvalue weighted by molar-refractivity contribution is 9.10. The molecule has 0 fully saturated rings. The van der Waals surface area contributed by atoms with Crippen molar-refractivity contribution in [3.63, 3.8) is 0 Å². The summed E-state index contributed by atoms with van der Waals surface area (Å²) in [6.07, 6.45) is 4.13. The fourth-order valence-electron chi connectivity index (χ4n) is 1.08.